The van der Waals surface area contributed by atoms with Gasteiger partial charge in [-0.1, -0.05) is 5.10 Å². The first-order valence-corrected chi connectivity index (χ1v) is 7.23. The van der Waals surface area contributed by atoms with Crippen molar-refractivity contribution in [1.29, 1.82) is 0 Å². The molecule has 0 bridgehead atoms. The Balaban J connectivity index is 1.63. The van der Waals surface area contributed by atoms with Crippen molar-refractivity contribution in [3.05, 3.63) is 35.7 Å². The van der Waals surface area contributed by atoms with E-state index in [1.54, 1.807) is 0 Å². The van der Waals surface area contributed by atoms with Crippen LogP contribution in [0, 0.1) is 0 Å². The fourth-order valence-corrected chi connectivity index (χ4v) is 2.30. The lowest BCUT2D eigenvalue weighted by atomic mass is 10.2. The van der Waals surface area contributed by atoms with Crippen molar-refractivity contribution in [1.82, 2.24) is 10.2 Å². The summed E-state index contributed by atoms with van der Waals surface area (Å²) < 4.78 is 41.9. The normalized spacial score (nSPS) is 14.9. The molecular formula is C13H10F3N3O2S. The highest BCUT2D eigenvalue weighted by atomic mass is 32.2. The molecular weight excluding hydrogens is 319 g/mol. The molecule has 3 rings (SSSR count). The second kappa shape index (κ2) is 5.64. The molecule has 1 saturated carbocycles. The number of nitrogens with one attached hydrogen (secondary N) is 1. The number of rotatable bonds is 4. The van der Waals surface area contributed by atoms with Crippen molar-refractivity contribution in [2.45, 2.75) is 29.2 Å². The highest BCUT2D eigenvalue weighted by Gasteiger charge is 2.30. The third-order valence-corrected chi connectivity index (χ3v) is 3.68. The minimum absolute atomic E-state index is 0.0119. The first kappa shape index (κ1) is 14.9. The SMILES string of the molecule is O=C(Nc1nnc(C2CC2)o1)c1ccc(SC(F)(F)F)cc1. The van der Waals surface area contributed by atoms with E-state index in [2.05, 4.69) is 15.5 Å². The van der Waals surface area contributed by atoms with E-state index < -0.39 is 11.4 Å². The minimum Gasteiger partial charge on any atom is -0.408 e. The largest absolute Gasteiger partial charge is 0.446 e. The van der Waals surface area contributed by atoms with Crippen LogP contribution in [-0.4, -0.2) is 21.6 Å². The lowest BCUT2D eigenvalue weighted by Gasteiger charge is -2.06. The van der Waals surface area contributed by atoms with E-state index in [1.807, 2.05) is 0 Å². The summed E-state index contributed by atoms with van der Waals surface area (Å²) in [5.74, 6) is 0.249. The van der Waals surface area contributed by atoms with E-state index in [-0.39, 0.29) is 34.2 Å². The van der Waals surface area contributed by atoms with Gasteiger partial charge in [0.2, 0.25) is 5.89 Å². The molecule has 1 fully saturated rings. The molecule has 5 nitrogen and oxygen atoms in total. The second-order valence-electron chi connectivity index (χ2n) is 4.75. The first-order chi connectivity index (χ1) is 10.4. The maximum Gasteiger partial charge on any atom is 0.446 e. The Bertz CT molecular complexity index is 681. The highest BCUT2D eigenvalue weighted by Crippen LogP contribution is 2.39. The summed E-state index contributed by atoms with van der Waals surface area (Å²) in [5.41, 5.74) is -4.15. The third kappa shape index (κ3) is 3.79. The number of aromatic nitrogens is 2. The zero-order valence-electron chi connectivity index (χ0n) is 11.1. The first-order valence-electron chi connectivity index (χ1n) is 6.41. The lowest BCUT2D eigenvalue weighted by Crippen LogP contribution is -2.12. The zero-order valence-corrected chi connectivity index (χ0v) is 11.9. The number of amides is 1. The number of hydrogen-bond donors (Lipinski definition) is 1. The van der Waals surface area contributed by atoms with Crippen LogP contribution in [0.5, 0.6) is 0 Å². The molecule has 9 heteroatoms. The average Bonchev–Trinajstić information content (AvgIpc) is 3.19. The molecule has 1 amide bonds. The number of hydrogen-bond acceptors (Lipinski definition) is 5. The summed E-state index contributed by atoms with van der Waals surface area (Å²) in [4.78, 5) is 11.9. The number of carbonyl (C=O) groups is 1. The number of thioether (sulfide) groups is 1. The van der Waals surface area contributed by atoms with Crippen molar-refractivity contribution in [2.75, 3.05) is 5.32 Å². The molecule has 22 heavy (non-hydrogen) atoms. The van der Waals surface area contributed by atoms with Crippen LogP contribution < -0.4 is 5.32 Å². The van der Waals surface area contributed by atoms with E-state index >= 15 is 0 Å². The van der Waals surface area contributed by atoms with Crippen LogP contribution in [-0.2, 0) is 0 Å². The standard InChI is InChI=1S/C13H10F3N3O2S/c14-13(15,16)22-9-5-3-7(4-6-9)10(20)17-12-19-18-11(21-12)8-1-2-8/h3-6,8H,1-2H2,(H,17,19,20). The third-order valence-electron chi connectivity index (χ3n) is 2.94. The van der Waals surface area contributed by atoms with Gasteiger partial charge >= 0.3 is 11.5 Å². The van der Waals surface area contributed by atoms with Gasteiger partial charge in [0.15, 0.2) is 0 Å². The molecule has 1 aliphatic rings. The van der Waals surface area contributed by atoms with Gasteiger partial charge in [-0.25, -0.2) is 0 Å². The molecule has 1 N–H and O–H groups in total. The molecule has 1 aromatic heterocycles. The van der Waals surface area contributed by atoms with Crippen molar-refractivity contribution in [3.8, 4) is 0 Å². The smallest absolute Gasteiger partial charge is 0.408 e. The molecule has 2 aromatic rings. The number of alkyl halides is 3. The Labute approximate surface area is 127 Å². The van der Waals surface area contributed by atoms with Gasteiger partial charge < -0.3 is 4.42 Å². The van der Waals surface area contributed by atoms with Crippen LogP contribution in [0.15, 0.2) is 33.6 Å². The fraction of sp³-hybridized carbons (Fsp3) is 0.308. The van der Waals surface area contributed by atoms with E-state index in [4.69, 9.17) is 4.42 Å². The van der Waals surface area contributed by atoms with E-state index in [0.29, 0.717) is 5.89 Å². The fourth-order valence-electron chi connectivity index (χ4n) is 1.76. The number of halogens is 3. The molecule has 0 unspecified atom stereocenters. The van der Waals surface area contributed by atoms with Gasteiger partial charge in [0, 0.05) is 16.4 Å². The molecule has 0 spiro atoms. The summed E-state index contributed by atoms with van der Waals surface area (Å²) in [6.07, 6.45) is 1.99. The topological polar surface area (TPSA) is 68.0 Å². The van der Waals surface area contributed by atoms with Crippen molar-refractivity contribution < 1.29 is 22.4 Å². The maximum atomic E-state index is 12.2. The van der Waals surface area contributed by atoms with Crippen LogP contribution in [0.1, 0.15) is 35.0 Å². The molecule has 116 valence electrons. The number of anilines is 1. The van der Waals surface area contributed by atoms with E-state index in [9.17, 15) is 18.0 Å². The predicted octanol–water partition coefficient (Wildman–Crippen LogP) is 3.81. The summed E-state index contributed by atoms with van der Waals surface area (Å²) in [5, 5.41) is 9.95. The Morgan fingerprint density at radius 3 is 2.50 bits per heavy atom. The summed E-state index contributed by atoms with van der Waals surface area (Å²) in [7, 11) is 0. The van der Waals surface area contributed by atoms with Crippen LogP contribution in [0.25, 0.3) is 0 Å². The van der Waals surface area contributed by atoms with Crippen molar-refractivity contribution in [3.63, 3.8) is 0 Å². The average molecular weight is 329 g/mol. The molecule has 0 atom stereocenters. The van der Waals surface area contributed by atoms with Crippen molar-refractivity contribution >= 4 is 23.7 Å². The molecule has 1 heterocycles. The van der Waals surface area contributed by atoms with Crippen LogP contribution in [0.2, 0.25) is 0 Å². The van der Waals surface area contributed by atoms with E-state index in [1.165, 1.54) is 24.3 Å². The minimum atomic E-state index is -4.35. The second-order valence-corrected chi connectivity index (χ2v) is 5.88. The number of nitrogens with zero attached hydrogens (tertiary/aromatic N) is 2. The Kier molecular flexibility index (Phi) is 3.81. The van der Waals surface area contributed by atoms with Gasteiger partial charge in [0.1, 0.15) is 0 Å². The van der Waals surface area contributed by atoms with E-state index in [0.717, 1.165) is 12.8 Å². The van der Waals surface area contributed by atoms with Gasteiger partial charge in [0.05, 0.1) is 0 Å². The quantitative estimate of drug-likeness (QED) is 0.864. The molecule has 1 aliphatic carbocycles. The monoisotopic (exact) mass is 329 g/mol. The summed E-state index contributed by atoms with van der Waals surface area (Å²) >= 11 is -0.234. The lowest BCUT2D eigenvalue weighted by molar-refractivity contribution is -0.0328. The number of carbonyl (C=O) groups excluding carboxylic acids is 1. The molecule has 0 radical (unpaired) electrons. The Morgan fingerprint density at radius 2 is 1.91 bits per heavy atom. The molecule has 0 saturated heterocycles. The van der Waals surface area contributed by atoms with Gasteiger partial charge in [-0.2, -0.15) is 13.2 Å². The highest BCUT2D eigenvalue weighted by molar-refractivity contribution is 8.00. The van der Waals surface area contributed by atoms with Gasteiger partial charge in [-0.3, -0.25) is 10.1 Å². The molecule has 1 aromatic carbocycles. The van der Waals surface area contributed by atoms with Crippen LogP contribution in [0.4, 0.5) is 19.2 Å². The van der Waals surface area contributed by atoms with Crippen LogP contribution in [0.3, 0.4) is 0 Å². The van der Waals surface area contributed by atoms with Crippen molar-refractivity contribution in [2.24, 2.45) is 0 Å². The number of benzene rings is 1. The summed E-state index contributed by atoms with van der Waals surface area (Å²) in [6.45, 7) is 0. The Hall–Kier alpha value is -2.03. The van der Waals surface area contributed by atoms with Gasteiger partial charge in [-0.05, 0) is 48.9 Å². The predicted molar refractivity (Wildman–Crippen MR) is 72.6 cm³/mol. The molecule has 0 aliphatic heterocycles. The summed E-state index contributed by atoms with van der Waals surface area (Å²) in [6, 6.07) is 5.07. The zero-order chi connectivity index (χ0) is 15.7. The Morgan fingerprint density at radius 1 is 1.23 bits per heavy atom. The van der Waals surface area contributed by atoms with Gasteiger partial charge in [0.25, 0.3) is 5.91 Å². The van der Waals surface area contributed by atoms with Gasteiger partial charge in [-0.15, -0.1) is 5.10 Å². The van der Waals surface area contributed by atoms with Crippen LogP contribution >= 0.6 is 11.8 Å². The maximum absolute atomic E-state index is 12.2.